The van der Waals surface area contributed by atoms with Gasteiger partial charge in [0.15, 0.2) is 0 Å². The molecular formula is C12H19BrN4O2. The minimum Gasteiger partial charge on any atom is -0.480 e. The summed E-state index contributed by atoms with van der Waals surface area (Å²) in [6, 6.07) is 0. The lowest BCUT2D eigenvalue weighted by Gasteiger charge is -2.17. The Kier molecular flexibility index (Phi) is 6.01. The van der Waals surface area contributed by atoms with Crippen LogP contribution < -0.4 is 15.0 Å². The number of nitrogens with one attached hydrogen (secondary N) is 1. The zero-order valence-electron chi connectivity index (χ0n) is 11.6. The van der Waals surface area contributed by atoms with Crippen LogP contribution in [0.25, 0.3) is 0 Å². The molecule has 1 aromatic rings. The highest BCUT2D eigenvalue weighted by molar-refractivity contribution is 9.10. The van der Waals surface area contributed by atoms with Crippen LogP contribution >= 0.6 is 15.9 Å². The minimum atomic E-state index is -0.0540. The first-order chi connectivity index (χ1) is 8.93. The smallest absolute Gasteiger partial charge is 0.239 e. The predicted octanol–water partition coefficient (Wildman–Crippen LogP) is 1.46. The number of aromatic nitrogens is 2. The van der Waals surface area contributed by atoms with Crippen molar-refractivity contribution in [3.8, 4) is 5.88 Å². The maximum atomic E-state index is 11.7. The molecule has 0 bridgehead atoms. The van der Waals surface area contributed by atoms with E-state index in [1.165, 1.54) is 7.11 Å². The van der Waals surface area contributed by atoms with Crippen molar-refractivity contribution in [2.75, 3.05) is 32.1 Å². The molecule has 106 valence electrons. The molecule has 1 N–H and O–H groups in total. The average Bonchev–Trinajstić information content (AvgIpc) is 2.36. The van der Waals surface area contributed by atoms with Gasteiger partial charge in [-0.05, 0) is 21.8 Å². The maximum absolute atomic E-state index is 11.7. The molecule has 19 heavy (non-hydrogen) atoms. The van der Waals surface area contributed by atoms with Gasteiger partial charge in [-0.3, -0.25) is 4.79 Å². The van der Waals surface area contributed by atoms with Crippen molar-refractivity contribution in [2.24, 2.45) is 5.92 Å². The van der Waals surface area contributed by atoms with Gasteiger partial charge in [0.1, 0.15) is 0 Å². The van der Waals surface area contributed by atoms with E-state index in [9.17, 15) is 4.79 Å². The summed E-state index contributed by atoms with van der Waals surface area (Å²) in [5, 5.41) is 2.85. The molecule has 0 fully saturated rings. The average molecular weight is 331 g/mol. The third kappa shape index (κ3) is 5.02. The van der Waals surface area contributed by atoms with Crippen molar-refractivity contribution in [3.63, 3.8) is 0 Å². The monoisotopic (exact) mass is 330 g/mol. The lowest BCUT2D eigenvalue weighted by Crippen LogP contribution is -2.37. The normalized spacial score (nSPS) is 10.4. The molecular weight excluding hydrogens is 312 g/mol. The van der Waals surface area contributed by atoms with Crippen LogP contribution in [0.1, 0.15) is 13.8 Å². The number of amides is 1. The molecule has 0 saturated carbocycles. The van der Waals surface area contributed by atoms with E-state index in [1.54, 1.807) is 18.1 Å². The highest BCUT2D eigenvalue weighted by Gasteiger charge is 2.12. The Morgan fingerprint density at radius 3 is 2.84 bits per heavy atom. The molecule has 1 aromatic heterocycles. The Labute approximate surface area is 121 Å². The van der Waals surface area contributed by atoms with Gasteiger partial charge in [-0.15, -0.1) is 0 Å². The van der Waals surface area contributed by atoms with Crippen LogP contribution in [0.15, 0.2) is 10.7 Å². The molecule has 0 aliphatic rings. The number of likely N-dealkylation sites (N-methyl/N-ethyl adjacent to an activating group) is 1. The molecule has 6 nitrogen and oxygen atoms in total. The molecule has 7 heteroatoms. The van der Waals surface area contributed by atoms with Crippen LogP contribution in [0.3, 0.4) is 0 Å². The van der Waals surface area contributed by atoms with E-state index in [1.807, 2.05) is 13.8 Å². The molecule has 0 atom stereocenters. The van der Waals surface area contributed by atoms with Crippen LogP contribution in [0.2, 0.25) is 0 Å². The fraction of sp³-hybridized carbons (Fsp3) is 0.583. The largest absolute Gasteiger partial charge is 0.480 e. The molecule has 0 radical (unpaired) electrons. The van der Waals surface area contributed by atoms with E-state index in [0.717, 1.165) is 0 Å². The number of methoxy groups -OCH3 is 1. The van der Waals surface area contributed by atoms with Crippen LogP contribution in [-0.4, -0.2) is 43.1 Å². The Hall–Kier alpha value is -1.37. The molecule has 0 saturated heterocycles. The number of carbonyl (C=O) groups is 1. The Balaban J connectivity index is 2.62. The molecule has 0 spiro atoms. The third-order valence-electron chi connectivity index (χ3n) is 2.32. The zero-order chi connectivity index (χ0) is 14.4. The topological polar surface area (TPSA) is 67.3 Å². The number of halogens is 1. The Morgan fingerprint density at radius 1 is 1.58 bits per heavy atom. The second kappa shape index (κ2) is 7.28. The number of rotatable bonds is 6. The van der Waals surface area contributed by atoms with E-state index in [2.05, 4.69) is 31.2 Å². The summed E-state index contributed by atoms with van der Waals surface area (Å²) < 4.78 is 5.77. The van der Waals surface area contributed by atoms with Gasteiger partial charge in [0, 0.05) is 13.6 Å². The predicted molar refractivity (Wildman–Crippen MR) is 77.4 cm³/mol. The van der Waals surface area contributed by atoms with Crippen LogP contribution in [0.4, 0.5) is 5.95 Å². The van der Waals surface area contributed by atoms with Crippen LogP contribution in [-0.2, 0) is 4.79 Å². The number of ether oxygens (including phenoxy) is 1. The Morgan fingerprint density at radius 2 is 2.26 bits per heavy atom. The molecule has 0 unspecified atom stereocenters. The van der Waals surface area contributed by atoms with Crippen molar-refractivity contribution in [3.05, 3.63) is 10.7 Å². The fourth-order valence-electron chi connectivity index (χ4n) is 1.33. The summed E-state index contributed by atoms with van der Waals surface area (Å²) in [4.78, 5) is 21.7. The first-order valence-electron chi connectivity index (χ1n) is 5.98. The number of carbonyl (C=O) groups excluding carboxylic acids is 1. The molecule has 1 heterocycles. The quantitative estimate of drug-likeness (QED) is 0.855. The second-order valence-electron chi connectivity index (χ2n) is 4.58. The zero-order valence-corrected chi connectivity index (χ0v) is 13.2. The van der Waals surface area contributed by atoms with Crippen LogP contribution in [0.5, 0.6) is 5.88 Å². The summed E-state index contributed by atoms with van der Waals surface area (Å²) in [5.74, 6) is 1.26. The van der Waals surface area contributed by atoms with E-state index < -0.39 is 0 Å². The van der Waals surface area contributed by atoms with Crippen molar-refractivity contribution in [1.82, 2.24) is 15.3 Å². The van der Waals surface area contributed by atoms with Gasteiger partial charge >= 0.3 is 0 Å². The summed E-state index contributed by atoms with van der Waals surface area (Å²) in [6.07, 6.45) is 1.60. The van der Waals surface area contributed by atoms with Gasteiger partial charge in [0.25, 0.3) is 0 Å². The molecule has 0 aliphatic heterocycles. The van der Waals surface area contributed by atoms with E-state index in [0.29, 0.717) is 28.8 Å². The summed E-state index contributed by atoms with van der Waals surface area (Å²) in [7, 11) is 3.30. The highest BCUT2D eigenvalue weighted by atomic mass is 79.9. The van der Waals surface area contributed by atoms with Crippen LogP contribution in [0, 0.1) is 5.92 Å². The number of hydrogen-bond donors (Lipinski definition) is 1. The van der Waals surface area contributed by atoms with Crippen molar-refractivity contribution < 1.29 is 9.53 Å². The summed E-state index contributed by atoms with van der Waals surface area (Å²) in [5.41, 5.74) is 0. The summed E-state index contributed by atoms with van der Waals surface area (Å²) in [6.45, 7) is 4.97. The van der Waals surface area contributed by atoms with Gasteiger partial charge in [-0.25, -0.2) is 4.98 Å². The van der Waals surface area contributed by atoms with E-state index >= 15 is 0 Å². The number of hydrogen-bond acceptors (Lipinski definition) is 5. The Bertz CT molecular complexity index is 440. The first-order valence-corrected chi connectivity index (χ1v) is 6.77. The molecule has 1 amide bonds. The van der Waals surface area contributed by atoms with Crippen molar-refractivity contribution in [2.45, 2.75) is 13.8 Å². The van der Waals surface area contributed by atoms with E-state index in [4.69, 9.17) is 4.74 Å². The van der Waals surface area contributed by atoms with Gasteiger partial charge in [0.05, 0.1) is 24.3 Å². The van der Waals surface area contributed by atoms with Gasteiger partial charge < -0.3 is 15.0 Å². The number of anilines is 1. The SMILES string of the molecule is COc1nc(N(C)CC(=O)NCC(C)C)ncc1Br. The maximum Gasteiger partial charge on any atom is 0.239 e. The lowest BCUT2D eigenvalue weighted by molar-refractivity contribution is -0.119. The molecule has 0 aromatic carbocycles. The lowest BCUT2D eigenvalue weighted by atomic mass is 10.2. The van der Waals surface area contributed by atoms with Gasteiger partial charge in [-0.2, -0.15) is 4.98 Å². The minimum absolute atomic E-state index is 0.0540. The standard InChI is InChI=1S/C12H19BrN4O2/c1-8(2)5-14-10(18)7-17(3)12-15-6-9(13)11(16-12)19-4/h6,8H,5,7H2,1-4H3,(H,14,18). The third-order valence-corrected chi connectivity index (χ3v) is 2.87. The fourth-order valence-corrected chi connectivity index (χ4v) is 1.68. The van der Waals surface area contributed by atoms with Crippen molar-refractivity contribution in [1.29, 1.82) is 0 Å². The van der Waals surface area contributed by atoms with Gasteiger partial charge in [-0.1, -0.05) is 13.8 Å². The number of nitrogens with zero attached hydrogens (tertiary/aromatic N) is 3. The molecule has 0 aliphatic carbocycles. The molecule has 1 rings (SSSR count). The highest BCUT2D eigenvalue weighted by Crippen LogP contribution is 2.22. The summed E-state index contributed by atoms with van der Waals surface area (Å²) >= 11 is 3.28. The second-order valence-corrected chi connectivity index (χ2v) is 5.44. The van der Waals surface area contributed by atoms with E-state index in [-0.39, 0.29) is 12.5 Å². The first kappa shape index (κ1) is 15.7. The van der Waals surface area contributed by atoms with Crippen molar-refractivity contribution >= 4 is 27.8 Å². The van der Waals surface area contributed by atoms with Gasteiger partial charge in [0.2, 0.25) is 17.7 Å².